The fraction of sp³-hybridized carbons (Fsp3) is 0.875. The molecule has 0 aliphatic carbocycles. The normalized spacial score (nSPS) is 13.5. The number of hydrogen-bond donors (Lipinski definition) is 3. The minimum Gasteiger partial charge on any atom is -0.462 e. The molecular formula is C48H91NO5. The highest BCUT2D eigenvalue weighted by Crippen LogP contribution is 2.17. The van der Waals surface area contributed by atoms with Crippen LogP contribution in [-0.2, 0) is 14.3 Å². The van der Waals surface area contributed by atoms with Crippen LogP contribution >= 0.6 is 0 Å². The van der Waals surface area contributed by atoms with Crippen LogP contribution in [0.5, 0.6) is 0 Å². The maximum Gasteiger partial charge on any atom is 0.306 e. The smallest absolute Gasteiger partial charge is 0.306 e. The number of hydrogen-bond acceptors (Lipinski definition) is 5. The summed E-state index contributed by atoms with van der Waals surface area (Å²) in [6.07, 6.45) is 46.6. The number of nitrogens with one attached hydrogen (secondary N) is 1. The standard InChI is InChI=1S/C48H91NO5/c1-4-7-10-13-16-19-22-25-27-30-33-36-39-44(54-48(53)41-38-35-32-29-24-21-18-15-12-9-6-3)42-47(52)49-45(43-50)46(51)40-37-34-31-28-26-23-20-17-14-11-8-5-2/h15,18,27,30,44-46,50-51H,4-14,16-17,19-26,28-29,31-43H2,1-3H3,(H,49,52)/b18-15-,30-27-. The average molecular weight is 762 g/mol. The second kappa shape index (κ2) is 42.5. The van der Waals surface area contributed by atoms with E-state index < -0.39 is 18.2 Å². The number of allylic oxidation sites excluding steroid dienone is 4. The number of carbonyl (C=O) groups is 2. The van der Waals surface area contributed by atoms with Crippen molar-refractivity contribution in [3.63, 3.8) is 0 Å². The van der Waals surface area contributed by atoms with Gasteiger partial charge in [0.25, 0.3) is 0 Å². The van der Waals surface area contributed by atoms with Gasteiger partial charge in [0.05, 0.1) is 25.2 Å². The van der Waals surface area contributed by atoms with Crippen LogP contribution in [0.25, 0.3) is 0 Å². The summed E-state index contributed by atoms with van der Waals surface area (Å²) in [5.74, 6) is -0.509. The number of amides is 1. The first-order valence-electron chi connectivity index (χ1n) is 23.6. The second-order valence-corrected chi connectivity index (χ2v) is 16.2. The molecule has 3 N–H and O–H groups in total. The van der Waals surface area contributed by atoms with E-state index in [0.717, 1.165) is 64.2 Å². The van der Waals surface area contributed by atoms with Crippen molar-refractivity contribution in [2.45, 2.75) is 264 Å². The summed E-state index contributed by atoms with van der Waals surface area (Å²) in [6.45, 7) is 6.42. The molecule has 1 amide bonds. The zero-order chi connectivity index (χ0) is 39.6. The molecule has 0 spiro atoms. The Hall–Kier alpha value is -1.66. The van der Waals surface area contributed by atoms with Gasteiger partial charge in [-0.05, 0) is 64.2 Å². The van der Waals surface area contributed by atoms with Gasteiger partial charge in [-0.1, -0.05) is 193 Å². The van der Waals surface area contributed by atoms with Crippen molar-refractivity contribution in [2.75, 3.05) is 6.61 Å². The summed E-state index contributed by atoms with van der Waals surface area (Å²) in [5, 5.41) is 23.6. The van der Waals surface area contributed by atoms with Gasteiger partial charge in [-0.25, -0.2) is 0 Å². The first kappa shape index (κ1) is 52.3. The molecule has 0 saturated heterocycles. The monoisotopic (exact) mass is 762 g/mol. The summed E-state index contributed by atoms with van der Waals surface area (Å²) in [6, 6.07) is -0.706. The highest BCUT2D eigenvalue weighted by atomic mass is 16.5. The Bertz CT molecular complexity index is 858. The molecule has 0 aromatic carbocycles. The molecule has 0 rings (SSSR count). The molecule has 0 heterocycles. The number of aliphatic hydroxyl groups excluding tert-OH is 2. The van der Waals surface area contributed by atoms with Crippen LogP contribution < -0.4 is 5.32 Å². The van der Waals surface area contributed by atoms with Gasteiger partial charge in [-0.2, -0.15) is 0 Å². The summed E-state index contributed by atoms with van der Waals surface area (Å²) < 4.78 is 5.88. The number of esters is 1. The lowest BCUT2D eigenvalue weighted by molar-refractivity contribution is -0.151. The van der Waals surface area contributed by atoms with Gasteiger partial charge in [0, 0.05) is 6.42 Å². The van der Waals surface area contributed by atoms with Crippen molar-refractivity contribution in [3.8, 4) is 0 Å². The minimum absolute atomic E-state index is 0.0566. The zero-order valence-electron chi connectivity index (χ0n) is 36.1. The number of ether oxygens (including phenoxy) is 1. The molecule has 6 heteroatoms. The van der Waals surface area contributed by atoms with Gasteiger partial charge in [0.1, 0.15) is 6.10 Å². The lowest BCUT2D eigenvalue weighted by Gasteiger charge is -2.24. The van der Waals surface area contributed by atoms with Gasteiger partial charge < -0.3 is 20.3 Å². The summed E-state index contributed by atoms with van der Waals surface area (Å²) in [4.78, 5) is 26.0. The number of carbonyl (C=O) groups excluding carboxylic acids is 2. The van der Waals surface area contributed by atoms with Gasteiger partial charge in [0.2, 0.25) is 5.91 Å². The fourth-order valence-corrected chi connectivity index (χ4v) is 7.12. The second-order valence-electron chi connectivity index (χ2n) is 16.2. The van der Waals surface area contributed by atoms with Crippen LogP contribution in [0.4, 0.5) is 0 Å². The third-order valence-corrected chi connectivity index (χ3v) is 10.8. The number of aliphatic hydroxyl groups is 2. The average Bonchev–Trinajstić information content (AvgIpc) is 3.16. The van der Waals surface area contributed by atoms with E-state index in [1.807, 2.05) is 0 Å². The number of unbranched alkanes of at least 4 members (excludes halogenated alkanes) is 26. The SMILES string of the molecule is CCCC/C=C\CCCCCCCC(=O)OC(CCC/C=C\CCCCCCCCC)CC(=O)NC(CO)C(O)CCCCCCCCCCCCCC. The molecule has 0 aliphatic rings. The highest BCUT2D eigenvalue weighted by Gasteiger charge is 2.24. The zero-order valence-corrected chi connectivity index (χ0v) is 36.1. The first-order chi connectivity index (χ1) is 26.5. The third kappa shape index (κ3) is 37.3. The molecule has 0 radical (unpaired) electrons. The van der Waals surface area contributed by atoms with E-state index in [0.29, 0.717) is 19.3 Å². The first-order valence-corrected chi connectivity index (χ1v) is 23.6. The molecule has 0 aromatic rings. The molecule has 0 fully saturated rings. The van der Waals surface area contributed by atoms with Crippen molar-refractivity contribution in [1.29, 1.82) is 0 Å². The molecule has 6 nitrogen and oxygen atoms in total. The van der Waals surface area contributed by atoms with Crippen LogP contribution in [0, 0.1) is 0 Å². The third-order valence-electron chi connectivity index (χ3n) is 10.8. The minimum atomic E-state index is -0.790. The Labute approximate surface area is 335 Å². The predicted molar refractivity (Wildman–Crippen MR) is 232 cm³/mol. The Balaban J connectivity index is 4.61. The van der Waals surface area contributed by atoms with E-state index in [9.17, 15) is 19.8 Å². The molecule has 0 aliphatic heterocycles. The molecule has 0 aromatic heterocycles. The molecule has 318 valence electrons. The molecule has 3 unspecified atom stereocenters. The van der Waals surface area contributed by atoms with Crippen LogP contribution in [0.1, 0.15) is 245 Å². The van der Waals surface area contributed by atoms with E-state index in [1.165, 1.54) is 135 Å². The quantitative estimate of drug-likeness (QED) is 0.0327. The Morgan fingerprint density at radius 3 is 1.41 bits per heavy atom. The van der Waals surface area contributed by atoms with E-state index in [2.05, 4.69) is 50.4 Å². The van der Waals surface area contributed by atoms with Crippen molar-refractivity contribution in [2.24, 2.45) is 0 Å². The largest absolute Gasteiger partial charge is 0.462 e. The summed E-state index contributed by atoms with van der Waals surface area (Å²) in [7, 11) is 0. The highest BCUT2D eigenvalue weighted by molar-refractivity contribution is 5.77. The Morgan fingerprint density at radius 2 is 0.926 bits per heavy atom. The fourth-order valence-electron chi connectivity index (χ4n) is 7.12. The Morgan fingerprint density at radius 1 is 0.519 bits per heavy atom. The number of rotatable bonds is 42. The van der Waals surface area contributed by atoms with E-state index in [4.69, 9.17) is 4.74 Å². The van der Waals surface area contributed by atoms with E-state index in [1.54, 1.807) is 0 Å². The van der Waals surface area contributed by atoms with E-state index in [-0.39, 0.29) is 24.9 Å². The van der Waals surface area contributed by atoms with Crippen molar-refractivity contribution < 1.29 is 24.5 Å². The molecule has 54 heavy (non-hydrogen) atoms. The topological polar surface area (TPSA) is 95.9 Å². The van der Waals surface area contributed by atoms with Crippen LogP contribution in [0.2, 0.25) is 0 Å². The van der Waals surface area contributed by atoms with Crippen molar-refractivity contribution in [1.82, 2.24) is 5.32 Å². The van der Waals surface area contributed by atoms with Gasteiger partial charge in [-0.15, -0.1) is 0 Å². The molecule has 3 atom stereocenters. The maximum atomic E-state index is 13.1. The molecular weight excluding hydrogens is 671 g/mol. The predicted octanol–water partition coefficient (Wildman–Crippen LogP) is 13.6. The lowest BCUT2D eigenvalue weighted by atomic mass is 10.0. The van der Waals surface area contributed by atoms with Crippen LogP contribution in [0.3, 0.4) is 0 Å². The molecule has 0 bridgehead atoms. The molecule has 0 saturated carbocycles. The van der Waals surface area contributed by atoms with Gasteiger partial charge in [0.15, 0.2) is 0 Å². The van der Waals surface area contributed by atoms with Crippen LogP contribution in [-0.4, -0.2) is 46.9 Å². The van der Waals surface area contributed by atoms with Gasteiger partial charge in [-0.3, -0.25) is 9.59 Å². The Kier molecular flexibility index (Phi) is 41.2. The summed E-state index contributed by atoms with van der Waals surface area (Å²) >= 11 is 0. The van der Waals surface area contributed by atoms with Gasteiger partial charge >= 0.3 is 5.97 Å². The van der Waals surface area contributed by atoms with E-state index >= 15 is 0 Å². The summed E-state index contributed by atoms with van der Waals surface area (Å²) in [5.41, 5.74) is 0. The van der Waals surface area contributed by atoms with Crippen molar-refractivity contribution in [3.05, 3.63) is 24.3 Å². The van der Waals surface area contributed by atoms with Crippen LogP contribution in [0.15, 0.2) is 24.3 Å². The van der Waals surface area contributed by atoms with Crippen molar-refractivity contribution >= 4 is 11.9 Å². The maximum absolute atomic E-state index is 13.1. The lowest BCUT2D eigenvalue weighted by Crippen LogP contribution is -2.46.